The number of rotatable bonds is 41. The standard InChI is InChI=1S/C49H93NO10/c1-3-5-7-9-11-13-15-17-19-20-21-22-23-25-27-29-31-33-35-37-42(53)48(58)50-40(39-59-49-47(57)46(56)45(55)43(38-51)60-49)44(54)41(52)36-34-32-30-28-26-24-18-16-14-12-10-8-6-4-2/h21-22,28,30,40-47,49,51-57H,3-20,23-27,29,31-39H2,1-2H3,(H,50,58)/b22-21-,30-28+. The van der Waals surface area contributed by atoms with Crippen LogP contribution in [0, 0.1) is 0 Å². The Balaban J connectivity index is 2.43. The van der Waals surface area contributed by atoms with E-state index in [0.717, 1.165) is 57.8 Å². The van der Waals surface area contributed by atoms with E-state index in [1.165, 1.54) is 116 Å². The van der Waals surface area contributed by atoms with E-state index in [-0.39, 0.29) is 12.8 Å². The minimum Gasteiger partial charge on any atom is -0.394 e. The van der Waals surface area contributed by atoms with E-state index in [1.807, 2.05) is 0 Å². The molecule has 1 amide bonds. The maximum atomic E-state index is 13.1. The van der Waals surface area contributed by atoms with E-state index < -0.39 is 74.2 Å². The monoisotopic (exact) mass is 856 g/mol. The van der Waals surface area contributed by atoms with Gasteiger partial charge >= 0.3 is 0 Å². The summed E-state index contributed by atoms with van der Waals surface area (Å²) in [5, 5.41) is 75.7. The molecular weight excluding hydrogens is 763 g/mol. The number of amides is 1. The van der Waals surface area contributed by atoms with Gasteiger partial charge in [-0.3, -0.25) is 4.79 Å². The third kappa shape index (κ3) is 28.3. The number of hydrogen-bond donors (Lipinski definition) is 8. The third-order valence-corrected chi connectivity index (χ3v) is 12.0. The van der Waals surface area contributed by atoms with E-state index in [4.69, 9.17) is 9.47 Å². The molecule has 1 saturated heterocycles. The molecule has 354 valence electrons. The molecule has 1 heterocycles. The van der Waals surface area contributed by atoms with Crippen molar-refractivity contribution in [2.45, 2.75) is 268 Å². The summed E-state index contributed by atoms with van der Waals surface area (Å²) < 4.78 is 11.1. The lowest BCUT2D eigenvalue weighted by Gasteiger charge is -2.40. The molecule has 11 heteroatoms. The van der Waals surface area contributed by atoms with Crippen molar-refractivity contribution < 1.29 is 50.0 Å². The van der Waals surface area contributed by atoms with Crippen molar-refractivity contribution in [1.82, 2.24) is 5.32 Å². The number of unbranched alkanes of at least 4 members (excludes halogenated alkanes) is 25. The fourth-order valence-corrected chi connectivity index (χ4v) is 7.85. The number of carbonyl (C=O) groups excluding carboxylic acids is 1. The smallest absolute Gasteiger partial charge is 0.249 e. The summed E-state index contributed by atoms with van der Waals surface area (Å²) in [5.41, 5.74) is 0. The molecular formula is C49H93NO10. The van der Waals surface area contributed by atoms with Gasteiger partial charge in [0, 0.05) is 0 Å². The maximum absolute atomic E-state index is 13.1. The first-order valence-corrected chi connectivity index (χ1v) is 24.7. The third-order valence-electron chi connectivity index (χ3n) is 12.0. The largest absolute Gasteiger partial charge is 0.394 e. The zero-order valence-electron chi connectivity index (χ0n) is 38.2. The number of hydrogen-bond acceptors (Lipinski definition) is 10. The Morgan fingerprint density at radius 1 is 0.567 bits per heavy atom. The fourth-order valence-electron chi connectivity index (χ4n) is 7.85. The molecule has 1 fully saturated rings. The highest BCUT2D eigenvalue weighted by atomic mass is 16.7. The average molecular weight is 856 g/mol. The molecule has 8 N–H and O–H groups in total. The van der Waals surface area contributed by atoms with Gasteiger partial charge in [0.05, 0.1) is 25.4 Å². The molecule has 1 aliphatic rings. The van der Waals surface area contributed by atoms with Gasteiger partial charge in [-0.25, -0.2) is 0 Å². The molecule has 0 aromatic carbocycles. The van der Waals surface area contributed by atoms with Gasteiger partial charge in [-0.05, 0) is 64.2 Å². The van der Waals surface area contributed by atoms with Crippen LogP contribution >= 0.6 is 0 Å². The molecule has 11 nitrogen and oxygen atoms in total. The Labute approximate surface area is 365 Å². The van der Waals surface area contributed by atoms with Crippen molar-refractivity contribution in [3.05, 3.63) is 24.3 Å². The molecule has 0 aliphatic carbocycles. The van der Waals surface area contributed by atoms with Crippen LogP contribution in [0.3, 0.4) is 0 Å². The quantitative estimate of drug-likeness (QED) is 0.0218. The van der Waals surface area contributed by atoms with E-state index in [9.17, 15) is 40.5 Å². The van der Waals surface area contributed by atoms with Gasteiger partial charge in [-0.1, -0.05) is 173 Å². The van der Waals surface area contributed by atoms with E-state index in [2.05, 4.69) is 43.5 Å². The summed E-state index contributed by atoms with van der Waals surface area (Å²) in [6.45, 7) is 3.42. The normalized spacial score (nSPS) is 21.8. The van der Waals surface area contributed by atoms with Crippen LogP contribution in [-0.4, -0.2) is 110 Å². The van der Waals surface area contributed by atoms with Crippen LogP contribution in [0.5, 0.6) is 0 Å². The lowest BCUT2D eigenvalue weighted by atomic mass is 9.98. The van der Waals surface area contributed by atoms with E-state index >= 15 is 0 Å². The summed E-state index contributed by atoms with van der Waals surface area (Å²) in [7, 11) is 0. The van der Waals surface area contributed by atoms with Gasteiger partial charge in [-0.2, -0.15) is 0 Å². The summed E-state index contributed by atoms with van der Waals surface area (Å²) in [4.78, 5) is 13.1. The number of nitrogens with one attached hydrogen (secondary N) is 1. The molecule has 9 atom stereocenters. The number of carbonyl (C=O) groups is 1. The number of aliphatic hydroxyl groups is 7. The summed E-state index contributed by atoms with van der Waals surface area (Å²) in [6.07, 6.45) is 32.3. The van der Waals surface area contributed by atoms with Gasteiger partial charge in [0.2, 0.25) is 5.91 Å². The SMILES string of the molecule is CCCCCCCCCCC/C=C\CCCCCCCCC(O)C(=O)NC(COC1OC(CO)C(O)C(O)C1O)C(O)C(O)CCC/C=C/CCCCCCCCCCC. The Kier molecular flexibility index (Phi) is 37.0. The molecule has 1 rings (SSSR count). The second kappa shape index (κ2) is 39.2. The van der Waals surface area contributed by atoms with Crippen molar-refractivity contribution in [2.75, 3.05) is 13.2 Å². The minimum absolute atomic E-state index is 0.248. The second-order valence-corrected chi connectivity index (χ2v) is 17.5. The molecule has 0 spiro atoms. The first-order valence-electron chi connectivity index (χ1n) is 24.7. The predicted octanol–water partition coefficient (Wildman–Crippen LogP) is 8.62. The second-order valence-electron chi connectivity index (χ2n) is 17.5. The number of aliphatic hydroxyl groups excluding tert-OH is 7. The van der Waals surface area contributed by atoms with Crippen LogP contribution in [-0.2, 0) is 14.3 Å². The highest BCUT2D eigenvalue weighted by molar-refractivity contribution is 5.80. The first kappa shape index (κ1) is 56.6. The molecule has 0 radical (unpaired) electrons. The summed E-state index contributed by atoms with van der Waals surface area (Å²) in [5.74, 6) is -0.711. The molecule has 9 unspecified atom stereocenters. The average Bonchev–Trinajstić information content (AvgIpc) is 3.25. The Hall–Kier alpha value is -1.41. The maximum Gasteiger partial charge on any atom is 0.249 e. The van der Waals surface area contributed by atoms with Crippen molar-refractivity contribution in [3.8, 4) is 0 Å². The molecule has 0 aromatic heterocycles. The van der Waals surface area contributed by atoms with E-state index in [1.54, 1.807) is 0 Å². The van der Waals surface area contributed by atoms with Crippen LogP contribution in [0.25, 0.3) is 0 Å². The Morgan fingerprint density at radius 2 is 0.983 bits per heavy atom. The fraction of sp³-hybridized carbons (Fsp3) is 0.898. The molecule has 0 saturated carbocycles. The van der Waals surface area contributed by atoms with Crippen LogP contribution < -0.4 is 5.32 Å². The number of allylic oxidation sites excluding steroid dienone is 4. The van der Waals surface area contributed by atoms with Gasteiger partial charge in [0.1, 0.15) is 36.6 Å². The van der Waals surface area contributed by atoms with Gasteiger partial charge < -0.3 is 50.5 Å². The lowest BCUT2D eigenvalue weighted by molar-refractivity contribution is -0.303. The molecule has 0 aromatic rings. The van der Waals surface area contributed by atoms with Crippen molar-refractivity contribution in [3.63, 3.8) is 0 Å². The van der Waals surface area contributed by atoms with Gasteiger partial charge in [0.25, 0.3) is 0 Å². The molecule has 0 bridgehead atoms. The topological polar surface area (TPSA) is 189 Å². The zero-order valence-corrected chi connectivity index (χ0v) is 38.2. The van der Waals surface area contributed by atoms with Crippen LogP contribution in [0.1, 0.15) is 213 Å². The highest BCUT2D eigenvalue weighted by Gasteiger charge is 2.44. The predicted molar refractivity (Wildman–Crippen MR) is 242 cm³/mol. The first-order chi connectivity index (χ1) is 29.2. The Morgan fingerprint density at radius 3 is 1.43 bits per heavy atom. The number of ether oxygens (including phenoxy) is 2. The van der Waals surface area contributed by atoms with Gasteiger partial charge in [0.15, 0.2) is 6.29 Å². The van der Waals surface area contributed by atoms with Crippen molar-refractivity contribution >= 4 is 5.91 Å². The van der Waals surface area contributed by atoms with Gasteiger partial charge in [-0.15, -0.1) is 0 Å². The highest BCUT2D eigenvalue weighted by Crippen LogP contribution is 2.23. The summed E-state index contributed by atoms with van der Waals surface area (Å²) >= 11 is 0. The molecule has 1 aliphatic heterocycles. The minimum atomic E-state index is -1.67. The van der Waals surface area contributed by atoms with Crippen LogP contribution in [0.2, 0.25) is 0 Å². The summed E-state index contributed by atoms with van der Waals surface area (Å²) in [6, 6.07) is -1.18. The van der Waals surface area contributed by atoms with Crippen molar-refractivity contribution in [1.29, 1.82) is 0 Å². The lowest BCUT2D eigenvalue weighted by Crippen LogP contribution is -2.60. The van der Waals surface area contributed by atoms with Crippen molar-refractivity contribution in [2.24, 2.45) is 0 Å². The zero-order chi connectivity index (χ0) is 44.1. The van der Waals surface area contributed by atoms with Crippen LogP contribution in [0.4, 0.5) is 0 Å². The Bertz CT molecular complexity index is 1030. The van der Waals surface area contributed by atoms with E-state index in [0.29, 0.717) is 12.8 Å². The molecule has 60 heavy (non-hydrogen) atoms. The van der Waals surface area contributed by atoms with Crippen LogP contribution in [0.15, 0.2) is 24.3 Å².